The molecular weight excluding hydrogens is 329 g/mol. The van der Waals surface area contributed by atoms with Crippen molar-refractivity contribution in [1.29, 1.82) is 5.26 Å². The number of aromatic nitrogens is 2. The maximum Gasteiger partial charge on any atom is 0.268 e. The van der Waals surface area contributed by atoms with Crippen LogP contribution in [0.2, 0.25) is 0 Å². The molecule has 0 saturated carbocycles. The van der Waals surface area contributed by atoms with Crippen LogP contribution in [0.15, 0.2) is 41.3 Å². The van der Waals surface area contributed by atoms with Crippen LogP contribution < -0.4 is 5.56 Å². The van der Waals surface area contributed by atoms with Gasteiger partial charge in [0.1, 0.15) is 0 Å². The van der Waals surface area contributed by atoms with Gasteiger partial charge in [-0.05, 0) is 34.2 Å². The lowest BCUT2D eigenvalue weighted by Gasteiger charge is -2.05. The first-order valence-electron chi connectivity index (χ1n) is 4.91. The first-order chi connectivity index (χ1) is 8.20. The predicted molar refractivity (Wildman–Crippen MR) is 71.5 cm³/mol. The van der Waals surface area contributed by atoms with Gasteiger partial charge in [0.15, 0.2) is 0 Å². The molecule has 1 aromatic heterocycles. The lowest BCUT2D eigenvalue weighted by atomic mass is 10.1. The standard InChI is InChI=1S/C12H8IN3O/c13-11-5-12(17)16(15-7-11)8-10-4-2-1-3-9(10)6-14/h1-5,7H,8H2. The summed E-state index contributed by atoms with van der Waals surface area (Å²) in [4.78, 5) is 11.7. The second-order valence-electron chi connectivity index (χ2n) is 3.44. The van der Waals surface area contributed by atoms with Crippen LogP contribution in [-0.4, -0.2) is 9.78 Å². The quantitative estimate of drug-likeness (QED) is 0.785. The van der Waals surface area contributed by atoms with Crippen LogP contribution in [0.4, 0.5) is 0 Å². The van der Waals surface area contributed by atoms with Gasteiger partial charge in [0.2, 0.25) is 0 Å². The fourth-order valence-electron chi connectivity index (χ4n) is 1.46. The maximum atomic E-state index is 11.7. The van der Waals surface area contributed by atoms with Gasteiger partial charge in [-0.15, -0.1) is 0 Å². The van der Waals surface area contributed by atoms with Crippen molar-refractivity contribution in [2.24, 2.45) is 0 Å². The Bertz CT molecular complexity index is 643. The normalized spacial score (nSPS) is 9.88. The number of rotatable bonds is 2. The van der Waals surface area contributed by atoms with E-state index in [1.165, 1.54) is 10.7 Å². The number of nitriles is 1. The average molecular weight is 337 g/mol. The van der Waals surface area contributed by atoms with E-state index in [4.69, 9.17) is 5.26 Å². The van der Waals surface area contributed by atoms with Gasteiger partial charge < -0.3 is 0 Å². The first kappa shape index (κ1) is 11.8. The van der Waals surface area contributed by atoms with E-state index in [9.17, 15) is 4.79 Å². The molecule has 0 aliphatic rings. The monoisotopic (exact) mass is 337 g/mol. The van der Waals surface area contributed by atoms with Crippen LogP contribution >= 0.6 is 22.6 Å². The van der Waals surface area contributed by atoms with E-state index in [-0.39, 0.29) is 5.56 Å². The van der Waals surface area contributed by atoms with E-state index in [0.717, 1.165) is 9.13 Å². The summed E-state index contributed by atoms with van der Waals surface area (Å²) in [6, 6.07) is 10.8. The lowest BCUT2D eigenvalue weighted by Crippen LogP contribution is -2.23. The third-order valence-electron chi connectivity index (χ3n) is 2.29. The summed E-state index contributed by atoms with van der Waals surface area (Å²) in [5.41, 5.74) is 1.20. The molecule has 4 nitrogen and oxygen atoms in total. The largest absolute Gasteiger partial charge is 0.268 e. The van der Waals surface area contributed by atoms with Crippen molar-refractivity contribution >= 4 is 22.6 Å². The van der Waals surface area contributed by atoms with Gasteiger partial charge >= 0.3 is 0 Å². The number of nitrogens with zero attached hydrogens (tertiary/aromatic N) is 3. The molecular formula is C12H8IN3O. The third-order valence-corrected chi connectivity index (χ3v) is 2.88. The molecule has 0 saturated heterocycles. The van der Waals surface area contributed by atoms with Crippen molar-refractivity contribution < 1.29 is 0 Å². The van der Waals surface area contributed by atoms with Crippen molar-refractivity contribution in [1.82, 2.24) is 9.78 Å². The van der Waals surface area contributed by atoms with Crippen LogP contribution in [-0.2, 0) is 6.54 Å². The van der Waals surface area contributed by atoms with Gasteiger partial charge in [0, 0.05) is 9.64 Å². The molecule has 1 aromatic carbocycles. The number of hydrogen-bond acceptors (Lipinski definition) is 3. The Kier molecular flexibility index (Phi) is 3.54. The number of hydrogen-bond donors (Lipinski definition) is 0. The Balaban J connectivity index is 2.39. The predicted octanol–water partition coefficient (Wildman–Crippen LogP) is 1.77. The van der Waals surface area contributed by atoms with Crippen molar-refractivity contribution in [3.63, 3.8) is 0 Å². The highest BCUT2D eigenvalue weighted by molar-refractivity contribution is 14.1. The maximum absolute atomic E-state index is 11.7. The Hall–Kier alpha value is -1.68. The minimum Gasteiger partial charge on any atom is -0.268 e. The average Bonchev–Trinajstić information content (AvgIpc) is 2.33. The van der Waals surface area contributed by atoms with Crippen LogP contribution in [0.1, 0.15) is 11.1 Å². The molecule has 0 aliphatic heterocycles. The van der Waals surface area contributed by atoms with Gasteiger partial charge in [-0.25, -0.2) is 4.68 Å². The van der Waals surface area contributed by atoms with Crippen LogP contribution in [0.3, 0.4) is 0 Å². The molecule has 0 fully saturated rings. The molecule has 0 aliphatic carbocycles. The van der Waals surface area contributed by atoms with Crippen LogP contribution in [0.5, 0.6) is 0 Å². The fraction of sp³-hybridized carbons (Fsp3) is 0.0833. The summed E-state index contributed by atoms with van der Waals surface area (Å²) in [5, 5.41) is 13.0. The molecule has 0 spiro atoms. The zero-order valence-electron chi connectivity index (χ0n) is 8.80. The highest BCUT2D eigenvalue weighted by Crippen LogP contribution is 2.08. The molecule has 0 radical (unpaired) electrons. The van der Waals surface area contributed by atoms with E-state index in [2.05, 4.69) is 11.2 Å². The molecule has 5 heteroatoms. The first-order valence-corrected chi connectivity index (χ1v) is 5.99. The molecule has 0 unspecified atom stereocenters. The zero-order valence-corrected chi connectivity index (χ0v) is 11.0. The number of benzene rings is 1. The van der Waals surface area contributed by atoms with Gasteiger partial charge in [-0.2, -0.15) is 10.4 Å². The fourth-order valence-corrected chi connectivity index (χ4v) is 1.85. The second kappa shape index (κ2) is 5.10. The van der Waals surface area contributed by atoms with Crippen molar-refractivity contribution in [2.45, 2.75) is 6.54 Å². The summed E-state index contributed by atoms with van der Waals surface area (Å²) < 4.78 is 2.15. The molecule has 0 N–H and O–H groups in total. The minimum absolute atomic E-state index is 0.162. The smallest absolute Gasteiger partial charge is 0.268 e. The molecule has 0 bridgehead atoms. The molecule has 2 rings (SSSR count). The number of halogens is 1. The molecule has 2 aromatic rings. The Labute approximate surface area is 112 Å². The molecule has 0 amide bonds. The van der Waals surface area contributed by atoms with E-state index in [1.54, 1.807) is 18.3 Å². The van der Waals surface area contributed by atoms with Gasteiger partial charge in [0.25, 0.3) is 5.56 Å². The summed E-state index contributed by atoms with van der Waals surface area (Å²) in [5.74, 6) is 0. The van der Waals surface area contributed by atoms with Crippen molar-refractivity contribution in [2.75, 3.05) is 0 Å². The second-order valence-corrected chi connectivity index (χ2v) is 4.68. The van der Waals surface area contributed by atoms with Crippen LogP contribution in [0.25, 0.3) is 0 Å². The molecule has 17 heavy (non-hydrogen) atoms. The summed E-state index contributed by atoms with van der Waals surface area (Å²) >= 11 is 2.04. The van der Waals surface area contributed by atoms with Gasteiger partial charge in [-0.3, -0.25) is 4.79 Å². The molecule has 0 atom stereocenters. The highest BCUT2D eigenvalue weighted by atomic mass is 127. The lowest BCUT2D eigenvalue weighted by molar-refractivity contribution is 0.636. The SMILES string of the molecule is N#Cc1ccccc1Cn1ncc(I)cc1=O. The van der Waals surface area contributed by atoms with Crippen molar-refractivity contribution in [3.05, 3.63) is 61.6 Å². The molecule has 1 heterocycles. The summed E-state index contributed by atoms with van der Waals surface area (Å²) in [7, 11) is 0. The van der Waals surface area contributed by atoms with Crippen LogP contribution in [0, 0.1) is 14.9 Å². The van der Waals surface area contributed by atoms with Crippen molar-refractivity contribution in [3.8, 4) is 6.07 Å². The van der Waals surface area contributed by atoms with Gasteiger partial charge in [-0.1, -0.05) is 18.2 Å². The van der Waals surface area contributed by atoms with E-state index >= 15 is 0 Å². The summed E-state index contributed by atoms with van der Waals surface area (Å²) in [6.07, 6.45) is 1.62. The summed E-state index contributed by atoms with van der Waals surface area (Å²) in [6.45, 7) is 0.319. The zero-order chi connectivity index (χ0) is 12.3. The Morgan fingerprint density at radius 2 is 2.18 bits per heavy atom. The third kappa shape index (κ3) is 2.71. The Morgan fingerprint density at radius 1 is 1.41 bits per heavy atom. The molecule has 84 valence electrons. The minimum atomic E-state index is -0.162. The van der Waals surface area contributed by atoms with E-state index < -0.39 is 0 Å². The van der Waals surface area contributed by atoms with Gasteiger partial charge in [0.05, 0.1) is 24.4 Å². The Morgan fingerprint density at radius 3 is 2.88 bits per heavy atom. The van der Waals surface area contributed by atoms with E-state index in [1.807, 2.05) is 34.7 Å². The topological polar surface area (TPSA) is 58.7 Å². The highest BCUT2D eigenvalue weighted by Gasteiger charge is 2.04. The van der Waals surface area contributed by atoms with E-state index in [0.29, 0.717) is 12.1 Å².